The molecule has 2 nitrogen and oxygen atoms in total. The van der Waals surface area contributed by atoms with Gasteiger partial charge in [0.05, 0.1) is 5.92 Å². The maximum absolute atomic E-state index is 12.6. The van der Waals surface area contributed by atoms with Gasteiger partial charge in [-0.25, -0.2) is 0 Å². The molecule has 0 N–H and O–H groups in total. The Labute approximate surface area is 139 Å². The lowest BCUT2D eigenvalue weighted by Gasteiger charge is -2.26. The molecule has 0 saturated heterocycles. The minimum absolute atomic E-state index is 0.0217. The molecule has 3 unspecified atom stereocenters. The number of unbranched alkanes of at least 4 members (excludes halogenated alkanes) is 5. The van der Waals surface area contributed by atoms with Crippen molar-refractivity contribution in [3.05, 3.63) is 0 Å². The zero-order valence-corrected chi connectivity index (χ0v) is 16.0. The number of rotatable bonds is 13. The summed E-state index contributed by atoms with van der Waals surface area (Å²) in [6.45, 7) is 12.9. The van der Waals surface area contributed by atoms with Crippen LogP contribution < -0.4 is 0 Å². The van der Waals surface area contributed by atoms with Gasteiger partial charge in [-0.2, -0.15) is 0 Å². The summed E-state index contributed by atoms with van der Waals surface area (Å²) in [4.78, 5) is 12.6. The summed E-state index contributed by atoms with van der Waals surface area (Å²) in [6, 6.07) is 0. The molecule has 0 aromatic carbocycles. The number of hydrogen-bond acceptors (Lipinski definition) is 2. The predicted molar refractivity (Wildman–Crippen MR) is 95.9 cm³/mol. The van der Waals surface area contributed by atoms with Gasteiger partial charge in [0.25, 0.3) is 0 Å². The van der Waals surface area contributed by atoms with E-state index in [1.807, 2.05) is 6.92 Å². The van der Waals surface area contributed by atoms with E-state index in [4.69, 9.17) is 4.74 Å². The lowest BCUT2D eigenvalue weighted by Crippen LogP contribution is -2.29. The van der Waals surface area contributed by atoms with E-state index in [9.17, 15) is 4.79 Å². The summed E-state index contributed by atoms with van der Waals surface area (Å²) in [5.41, 5.74) is 0. The average Bonchev–Trinajstić information content (AvgIpc) is 2.47. The maximum atomic E-state index is 12.6. The SMILES string of the molecule is CCCCCCC(C(=O)OC(C)C(C)C)C(C)CCCCC. The first kappa shape index (κ1) is 21.5. The number of hydrogen-bond donors (Lipinski definition) is 0. The predicted octanol–water partition coefficient (Wildman–Crippen LogP) is 6.38. The molecule has 0 rings (SSSR count). The van der Waals surface area contributed by atoms with Gasteiger partial charge < -0.3 is 4.74 Å². The maximum Gasteiger partial charge on any atom is 0.309 e. The molecule has 22 heavy (non-hydrogen) atoms. The third kappa shape index (κ3) is 9.48. The van der Waals surface area contributed by atoms with Crippen LogP contribution in [0.4, 0.5) is 0 Å². The molecule has 0 aliphatic rings. The highest BCUT2D eigenvalue weighted by Crippen LogP contribution is 2.26. The Morgan fingerprint density at radius 2 is 1.36 bits per heavy atom. The quantitative estimate of drug-likeness (QED) is 0.291. The molecule has 0 aliphatic heterocycles. The summed E-state index contributed by atoms with van der Waals surface area (Å²) in [6.07, 6.45) is 10.8. The van der Waals surface area contributed by atoms with Gasteiger partial charge in [-0.1, -0.05) is 79.6 Å². The fourth-order valence-corrected chi connectivity index (χ4v) is 2.75. The highest BCUT2D eigenvalue weighted by molar-refractivity contribution is 5.72. The van der Waals surface area contributed by atoms with Crippen LogP contribution in [0.25, 0.3) is 0 Å². The zero-order chi connectivity index (χ0) is 17.0. The summed E-state index contributed by atoms with van der Waals surface area (Å²) in [5.74, 6) is 0.969. The average molecular weight is 313 g/mol. The first-order valence-corrected chi connectivity index (χ1v) is 9.64. The molecule has 0 aliphatic carbocycles. The van der Waals surface area contributed by atoms with Crippen molar-refractivity contribution >= 4 is 5.97 Å². The third-order valence-electron chi connectivity index (χ3n) is 4.86. The van der Waals surface area contributed by atoms with E-state index in [-0.39, 0.29) is 18.0 Å². The minimum Gasteiger partial charge on any atom is -0.462 e. The van der Waals surface area contributed by atoms with Crippen LogP contribution in [-0.2, 0) is 9.53 Å². The Balaban J connectivity index is 4.50. The first-order valence-electron chi connectivity index (χ1n) is 9.64. The Morgan fingerprint density at radius 1 is 0.818 bits per heavy atom. The molecule has 0 heterocycles. The fourth-order valence-electron chi connectivity index (χ4n) is 2.75. The smallest absolute Gasteiger partial charge is 0.309 e. The molecular weight excluding hydrogens is 272 g/mol. The largest absolute Gasteiger partial charge is 0.462 e. The second-order valence-electron chi connectivity index (χ2n) is 7.31. The molecule has 0 saturated carbocycles. The molecule has 2 heteroatoms. The van der Waals surface area contributed by atoms with Gasteiger partial charge in [0, 0.05) is 0 Å². The van der Waals surface area contributed by atoms with Gasteiger partial charge in [0.15, 0.2) is 0 Å². The van der Waals surface area contributed by atoms with Crippen molar-refractivity contribution in [3.63, 3.8) is 0 Å². The molecule has 0 aromatic rings. The standard InChI is InChI=1S/C20H40O2/c1-7-9-11-13-15-19(17(5)14-12-10-8-2)20(21)22-18(6)16(3)4/h16-19H,7-15H2,1-6H3. The molecular formula is C20H40O2. The molecule has 0 spiro atoms. The Bertz CT molecular complexity index is 273. The van der Waals surface area contributed by atoms with Crippen LogP contribution in [0.1, 0.15) is 99.3 Å². The van der Waals surface area contributed by atoms with Crippen LogP contribution in [0, 0.1) is 17.8 Å². The van der Waals surface area contributed by atoms with Crippen molar-refractivity contribution in [1.29, 1.82) is 0 Å². The first-order chi connectivity index (χ1) is 10.4. The molecule has 0 bridgehead atoms. The van der Waals surface area contributed by atoms with Crippen LogP contribution in [0.3, 0.4) is 0 Å². The van der Waals surface area contributed by atoms with E-state index >= 15 is 0 Å². The molecule has 0 radical (unpaired) electrons. The van der Waals surface area contributed by atoms with E-state index in [1.54, 1.807) is 0 Å². The van der Waals surface area contributed by atoms with Gasteiger partial charge in [-0.3, -0.25) is 4.79 Å². The highest BCUT2D eigenvalue weighted by Gasteiger charge is 2.27. The normalized spacial score (nSPS) is 15.6. The van der Waals surface area contributed by atoms with Crippen LogP contribution in [0.2, 0.25) is 0 Å². The summed E-state index contributed by atoms with van der Waals surface area (Å²) >= 11 is 0. The van der Waals surface area contributed by atoms with Crippen molar-refractivity contribution in [2.45, 2.75) is 105 Å². The van der Waals surface area contributed by atoms with Gasteiger partial charge in [-0.15, -0.1) is 0 Å². The number of esters is 1. The third-order valence-corrected chi connectivity index (χ3v) is 4.86. The van der Waals surface area contributed by atoms with Crippen LogP contribution in [-0.4, -0.2) is 12.1 Å². The van der Waals surface area contributed by atoms with Gasteiger partial charge >= 0.3 is 5.97 Å². The molecule has 0 aromatic heterocycles. The van der Waals surface area contributed by atoms with Crippen LogP contribution in [0.5, 0.6) is 0 Å². The molecule has 3 atom stereocenters. The van der Waals surface area contributed by atoms with Crippen molar-refractivity contribution in [1.82, 2.24) is 0 Å². The van der Waals surface area contributed by atoms with Gasteiger partial charge in [0.2, 0.25) is 0 Å². The second-order valence-corrected chi connectivity index (χ2v) is 7.31. The van der Waals surface area contributed by atoms with Crippen LogP contribution >= 0.6 is 0 Å². The van der Waals surface area contributed by atoms with E-state index in [0.717, 1.165) is 19.3 Å². The van der Waals surface area contributed by atoms with Crippen molar-refractivity contribution in [2.75, 3.05) is 0 Å². The highest BCUT2D eigenvalue weighted by atomic mass is 16.5. The monoisotopic (exact) mass is 312 g/mol. The Kier molecular flexibility index (Phi) is 12.6. The van der Waals surface area contributed by atoms with Crippen molar-refractivity contribution in [2.24, 2.45) is 17.8 Å². The molecule has 132 valence electrons. The zero-order valence-electron chi connectivity index (χ0n) is 16.0. The van der Waals surface area contributed by atoms with E-state index in [1.165, 1.54) is 38.5 Å². The topological polar surface area (TPSA) is 26.3 Å². The number of carbonyl (C=O) groups excluding carboxylic acids is 1. The van der Waals surface area contributed by atoms with Gasteiger partial charge in [0.1, 0.15) is 6.10 Å². The second kappa shape index (κ2) is 13.0. The van der Waals surface area contributed by atoms with Crippen molar-refractivity contribution < 1.29 is 9.53 Å². The number of ether oxygens (including phenoxy) is 1. The van der Waals surface area contributed by atoms with E-state index in [2.05, 4.69) is 34.6 Å². The van der Waals surface area contributed by atoms with Crippen LogP contribution in [0.15, 0.2) is 0 Å². The molecule has 0 amide bonds. The lowest BCUT2D eigenvalue weighted by molar-refractivity contribution is -0.157. The molecule has 0 fully saturated rings. The van der Waals surface area contributed by atoms with Gasteiger partial charge in [-0.05, 0) is 31.6 Å². The Hall–Kier alpha value is -0.530. The fraction of sp³-hybridized carbons (Fsp3) is 0.950. The summed E-state index contributed by atoms with van der Waals surface area (Å²) in [5, 5.41) is 0. The van der Waals surface area contributed by atoms with Crippen molar-refractivity contribution in [3.8, 4) is 0 Å². The summed E-state index contributed by atoms with van der Waals surface area (Å²) in [7, 11) is 0. The number of carbonyl (C=O) groups is 1. The van der Waals surface area contributed by atoms with E-state index in [0.29, 0.717) is 11.8 Å². The Morgan fingerprint density at radius 3 is 1.91 bits per heavy atom. The summed E-state index contributed by atoms with van der Waals surface area (Å²) < 4.78 is 5.72. The lowest BCUT2D eigenvalue weighted by atomic mass is 9.85. The minimum atomic E-state index is 0.0217. The van der Waals surface area contributed by atoms with E-state index < -0.39 is 0 Å².